The van der Waals surface area contributed by atoms with Crippen molar-refractivity contribution >= 4 is 17.8 Å². The van der Waals surface area contributed by atoms with Gasteiger partial charge in [0.25, 0.3) is 5.91 Å². The number of aliphatic carboxylic acids is 1. The van der Waals surface area contributed by atoms with Crippen molar-refractivity contribution in [3.63, 3.8) is 0 Å². The van der Waals surface area contributed by atoms with E-state index in [0.29, 0.717) is 5.75 Å². The van der Waals surface area contributed by atoms with Crippen LogP contribution in [0.4, 0.5) is 0 Å². The van der Waals surface area contributed by atoms with Crippen LogP contribution in [0.15, 0.2) is 36.7 Å². The number of para-hydroxylation sites is 1. The van der Waals surface area contributed by atoms with Gasteiger partial charge in [0, 0.05) is 0 Å². The summed E-state index contributed by atoms with van der Waals surface area (Å²) in [6.45, 7) is 0. The lowest BCUT2D eigenvalue weighted by atomic mass is 9.90. The molecule has 8 heteroatoms. The summed E-state index contributed by atoms with van der Waals surface area (Å²) in [5.41, 5.74) is 4.87. The number of ether oxygens (including phenoxy) is 1. The van der Waals surface area contributed by atoms with Gasteiger partial charge in [-0.05, 0) is 25.0 Å². The van der Waals surface area contributed by atoms with E-state index < -0.39 is 17.8 Å². The molecule has 8 nitrogen and oxygen atoms in total. The maximum atomic E-state index is 11.7. The number of nitrogens with one attached hydrogen (secondary N) is 1. The first-order valence-corrected chi connectivity index (χ1v) is 8.32. The lowest BCUT2D eigenvalue weighted by Gasteiger charge is -2.16. The summed E-state index contributed by atoms with van der Waals surface area (Å²) in [6, 6.07) is 8.49. The molecule has 1 aliphatic rings. The number of benzene rings is 1. The van der Waals surface area contributed by atoms with Gasteiger partial charge in [-0.2, -0.15) is 0 Å². The van der Waals surface area contributed by atoms with Gasteiger partial charge in [0.15, 0.2) is 11.4 Å². The lowest BCUT2D eigenvalue weighted by molar-refractivity contribution is -0.142. The van der Waals surface area contributed by atoms with Crippen molar-refractivity contribution in [2.24, 2.45) is 11.7 Å². The van der Waals surface area contributed by atoms with Crippen molar-refractivity contribution in [3.8, 4) is 5.75 Å². The molecule has 0 atom stereocenters. The number of imidazole rings is 1. The van der Waals surface area contributed by atoms with Crippen LogP contribution in [0.5, 0.6) is 5.75 Å². The highest BCUT2D eigenvalue weighted by molar-refractivity contribution is 6.02. The second kappa shape index (κ2) is 9.36. The Kier molecular flexibility index (Phi) is 6.90. The number of nitrogens with two attached hydrogens (primary N) is 1. The number of nitrogens with zero attached hydrogens (tertiary/aromatic N) is 1. The summed E-state index contributed by atoms with van der Waals surface area (Å²) in [4.78, 5) is 39.2. The van der Waals surface area contributed by atoms with E-state index >= 15 is 0 Å². The molecule has 1 heterocycles. The molecule has 1 saturated carbocycles. The molecule has 1 fully saturated rings. The maximum Gasteiger partial charge on any atom is 0.362 e. The molecule has 2 aromatic rings. The van der Waals surface area contributed by atoms with E-state index in [1.807, 2.05) is 0 Å². The van der Waals surface area contributed by atoms with Crippen molar-refractivity contribution in [3.05, 3.63) is 48.0 Å². The molecule has 0 spiro atoms. The largest absolute Gasteiger partial charge is 0.481 e. The number of amides is 1. The lowest BCUT2D eigenvalue weighted by Crippen LogP contribution is -2.19. The van der Waals surface area contributed by atoms with Crippen LogP contribution < -0.4 is 10.5 Å². The van der Waals surface area contributed by atoms with Crippen LogP contribution in [-0.4, -0.2) is 32.9 Å². The highest BCUT2D eigenvalue weighted by Gasteiger charge is 2.20. The zero-order chi connectivity index (χ0) is 18.9. The second-order valence-electron chi connectivity index (χ2n) is 5.87. The van der Waals surface area contributed by atoms with Gasteiger partial charge in [0.2, 0.25) is 0 Å². The average molecular weight is 359 g/mol. The summed E-state index contributed by atoms with van der Waals surface area (Å²) in [6.07, 6.45) is 6.45. The van der Waals surface area contributed by atoms with E-state index in [4.69, 9.17) is 15.6 Å². The average Bonchev–Trinajstić information content (AvgIpc) is 3.14. The number of rotatable bonds is 4. The second-order valence-corrected chi connectivity index (χ2v) is 5.87. The summed E-state index contributed by atoms with van der Waals surface area (Å²) in [5.74, 6) is -1.75. The Hall–Kier alpha value is -3.16. The fourth-order valence-corrected chi connectivity index (χ4v) is 2.63. The predicted molar refractivity (Wildman–Crippen MR) is 92.7 cm³/mol. The van der Waals surface area contributed by atoms with E-state index in [0.717, 1.165) is 25.7 Å². The number of primary amides is 1. The first kappa shape index (κ1) is 19.2. The molecule has 0 aliphatic heterocycles. The number of carbonyl (C=O) groups excluding carboxylic acids is 2. The van der Waals surface area contributed by atoms with Crippen LogP contribution in [0.25, 0.3) is 0 Å². The van der Waals surface area contributed by atoms with Gasteiger partial charge in [-0.3, -0.25) is 9.59 Å². The fourth-order valence-electron chi connectivity index (χ4n) is 2.63. The molecule has 1 amide bonds. The number of hydrogen-bond acceptors (Lipinski definition) is 5. The summed E-state index contributed by atoms with van der Waals surface area (Å²) >= 11 is 0. The Labute approximate surface area is 150 Å². The third-order valence-electron chi connectivity index (χ3n) is 3.99. The summed E-state index contributed by atoms with van der Waals surface area (Å²) in [7, 11) is 0. The number of carbonyl (C=O) groups is 3. The molecule has 0 saturated heterocycles. The minimum absolute atomic E-state index is 0.0289. The SMILES string of the molecule is NC(=O)c1nc[nH]c1C(=O)Oc1ccccc1.O=C(O)C1CCCCC1. The van der Waals surface area contributed by atoms with Gasteiger partial charge in [-0.1, -0.05) is 37.5 Å². The van der Waals surface area contributed by atoms with Crippen LogP contribution in [0, 0.1) is 5.92 Å². The Morgan fingerprint density at radius 3 is 2.31 bits per heavy atom. The van der Waals surface area contributed by atoms with Crippen LogP contribution in [0.2, 0.25) is 0 Å². The molecule has 1 aromatic heterocycles. The fraction of sp³-hybridized carbons (Fsp3) is 0.333. The molecule has 0 radical (unpaired) electrons. The summed E-state index contributed by atoms with van der Waals surface area (Å²) < 4.78 is 5.03. The van der Waals surface area contributed by atoms with Crippen LogP contribution in [0.3, 0.4) is 0 Å². The normalized spacial score (nSPS) is 14.0. The Balaban J connectivity index is 0.000000228. The molecule has 4 N–H and O–H groups in total. The van der Waals surface area contributed by atoms with Crippen LogP contribution in [0.1, 0.15) is 53.1 Å². The molecule has 0 bridgehead atoms. The van der Waals surface area contributed by atoms with Crippen molar-refractivity contribution in [1.82, 2.24) is 9.97 Å². The minimum Gasteiger partial charge on any atom is -0.481 e. The Morgan fingerprint density at radius 1 is 1.12 bits per heavy atom. The van der Waals surface area contributed by atoms with E-state index in [1.54, 1.807) is 30.3 Å². The monoisotopic (exact) mass is 359 g/mol. The van der Waals surface area contributed by atoms with E-state index in [-0.39, 0.29) is 17.3 Å². The predicted octanol–water partition coefficient (Wildman–Crippen LogP) is 2.38. The molecule has 1 aliphatic carbocycles. The van der Waals surface area contributed by atoms with Gasteiger partial charge >= 0.3 is 11.9 Å². The van der Waals surface area contributed by atoms with Gasteiger partial charge in [0.1, 0.15) is 5.75 Å². The minimum atomic E-state index is -0.786. The Morgan fingerprint density at radius 2 is 1.77 bits per heavy atom. The first-order valence-electron chi connectivity index (χ1n) is 8.32. The maximum absolute atomic E-state index is 11.7. The van der Waals surface area contributed by atoms with Crippen molar-refractivity contribution in [2.45, 2.75) is 32.1 Å². The number of carboxylic acids is 1. The van der Waals surface area contributed by atoms with E-state index in [2.05, 4.69) is 9.97 Å². The zero-order valence-corrected chi connectivity index (χ0v) is 14.2. The molecule has 3 rings (SSSR count). The number of aromatic nitrogens is 2. The molecule has 1 aromatic carbocycles. The third kappa shape index (κ3) is 5.44. The number of hydrogen-bond donors (Lipinski definition) is 3. The van der Waals surface area contributed by atoms with Crippen molar-refractivity contribution in [2.75, 3.05) is 0 Å². The third-order valence-corrected chi connectivity index (χ3v) is 3.99. The van der Waals surface area contributed by atoms with Gasteiger partial charge in [0.05, 0.1) is 12.2 Å². The molecule has 0 unspecified atom stereocenters. The topological polar surface area (TPSA) is 135 Å². The van der Waals surface area contributed by atoms with Crippen LogP contribution >= 0.6 is 0 Å². The van der Waals surface area contributed by atoms with Crippen molar-refractivity contribution < 1.29 is 24.2 Å². The zero-order valence-electron chi connectivity index (χ0n) is 14.2. The van der Waals surface area contributed by atoms with E-state index in [1.165, 1.54) is 12.7 Å². The van der Waals surface area contributed by atoms with E-state index in [9.17, 15) is 14.4 Å². The molecule has 26 heavy (non-hydrogen) atoms. The van der Waals surface area contributed by atoms with Crippen LogP contribution in [-0.2, 0) is 4.79 Å². The number of H-pyrrole nitrogens is 1. The number of carboxylic acid groups (broad SMARTS) is 1. The number of aromatic amines is 1. The Bertz CT molecular complexity index is 751. The van der Waals surface area contributed by atoms with Gasteiger partial charge < -0.3 is 20.6 Å². The highest BCUT2D eigenvalue weighted by atomic mass is 16.5. The standard InChI is InChI=1S/C11H9N3O3.C7H12O2/c12-10(15)8-9(14-6-13-8)11(16)17-7-4-2-1-3-5-7;8-7(9)6-4-2-1-3-5-6/h1-6H,(H2,12,15)(H,13,14);6H,1-5H2,(H,8,9). The van der Waals surface area contributed by atoms with Gasteiger partial charge in [-0.25, -0.2) is 9.78 Å². The smallest absolute Gasteiger partial charge is 0.362 e. The number of esters is 1. The van der Waals surface area contributed by atoms with Crippen molar-refractivity contribution in [1.29, 1.82) is 0 Å². The molecular formula is C18H21N3O5. The molecule has 138 valence electrons. The summed E-state index contributed by atoms with van der Waals surface area (Å²) in [5, 5.41) is 8.54. The highest BCUT2D eigenvalue weighted by Crippen LogP contribution is 2.23. The first-order chi connectivity index (χ1) is 12.5. The van der Waals surface area contributed by atoms with Gasteiger partial charge in [-0.15, -0.1) is 0 Å². The molecular weight excluding hydrogens is 338 g/mol. The quantitative estimate of drug-likeness (QED) is 0.566.